The summed E-state index contributed by atoms with van der Waals surface area (Å²) in [4.78, 5) is 0. The number of halogens is 1. The van der Waals surface area contributed by atoms with Gasteiger partial charge in [-0.05, 0) is 17.7 Å². The number of hydrogen-bond donors (Lipinski definition) is 1. The second-order valence-corrected chi connectivity index (χ2v) is 5.07. The van der Waals surface area contributed by atoms with Crippen LogP contribution in [0.5, 0.6) is 0 Å². The fourth-order valence-corrected chi connectivity index (χ4v) is 2.81. The van der Waals surface area contributed by atoms with Crippen LogP contribution in [-0.2, 0) is 0 Å². The van der Waals surface area contributed by atoms with Crippen LogP contribution in [0.25, 0.3) is 0 Å². The minimum absolute atomic E-state index is 0.147. The second kappa shape index (κ2) is 5.18. The topological polar surface area (TPSA) is 121 Å². The lowest BCUT2D eigenvalue weighted by Crippen LogP contribution is -2.17. The molecule has 1 aliphatic rings. The summed E-state index contributed by atoms with van der Waals surface area (Å²) < 4.78 is 0. The van der Waals surface area contributed by atoms with Crippen molar-refractivity contribution >= 4 is 11.6 Å². The van der Waals surface area contributed by atoms with Crippen molar-refractivity contribution in [1.82, 2.24) is 0 Å². The van der Waals surface area contributed by atoms with Gasteiger partial charge in [0.25, 0.3) is 0 Å². The number of nitriles is 4. The summed E-state index contributed by atoms with van der Waals surface area (Å²) in [6, 6.07) is 14.2. The Labute approximate surface area is 126 Å². The summed E-state index contributed by atoms with van der Waals surface area (Å²) in [6.45, 7) is 0. The van der Waals surface area contributed by atoms with Crippen LogP contribution in [0.15, 0.2) is 35.5 Å². The quantitative estimate of drug-likeness (QED) is 0.839. The number of nitrogens with zero attached hydrogens (tertiary/aromatic N) is 4. The molecule has 21 heavy (non-hydrogen) atoms. The number of benzene rings is 1. The molecule has 0 aromatic heterocycles. The highest BCUT2D eigenvalue weighted by Gasteiger charge is 2.69. The molecular weight excluding hydrogens is 286 g/mol. The highest BCUT2D eigenvalue weighted by molar-refractivity contribution is 6.30. The summed E-state index contributed by atoms with van der Waals surface area (Å²) in [6.07, 6.45) is 0. The van der Waals surface area contributed by atoms with Gasteiger partial charge in [0, 0.05) is 10.9 Å². The van der Waals surface area contributed by atoms with Gasteiger partial charge in [-0.1, -0.05) is 23.7 Å². The summed E-state index contributed by atoms with van der Waals surface area (Å²) in [5.41, 5.74) is 4.71. The average molecular weight is 294 g/mol. The molecule has 0 radical (unpaired) electrons. The van der Waals surface area contributed by atoms with Crippen molar-refractivity contribution in [3.8, 4) is 24.3 Å². The fraction of sp³-hybridized carbons (Fsp3) is 0.200. The SMILES string of the molecule is N#CC(C#N)=C(N)[C@@]1(C#N)[C@H](c2cccc(Cl)c2)[C@@H]1C#N. The summed E-state index contributed by atoms with van der Waals surface area (Å²) in [5, 5.41) is 37.1. The third-order valence-corrected chi connectivity index (χ3v) is 3.91. The van der Waals surface area contributed by atoms with Gasteiger partial charge in [0.1, 0.15) is 23.1 Å². The van der Waals surface area contributed by atoms with Gasteiger partial charge in [-0.2, -0.15) is 21.0 Å². The largest absolute Gasteiger partial charge is 0.399 e. The molecule has 6 heteroatoms. The smallest absolute Gasteiger partial charge is 0.150 e. The minimum Gasteiger partial charge on any atom is -0.399 e. The van der Waals surface area contributed by atoms with Crippen molar-refractivity contribution in [1.29, 1.82) is 21.0 Å². The summed E-state index contributed by atoms with van der Waals surface area (Å²) in [5.74, 6) is -1.21. The van der Waals surface area contributed by atoms with Crippen LogP contribution in [0, 0.1) is 56.7 Å². The van der Waals surface area contributed by atoms with Crippen molar-refractivity contribution < 1.29 is 0 Å². The Morgan fingerprint density at radius 2 is 1.86 bits per heavy atom. The van der Waals surface area contributed by atoms with E-state index in [9.17, 15) is 10.5 Å². The molecule has 0 heterocycles. The Kier molecular flexibility index (Phi) is 3.56. The zero-order valence-corrected chi connectivity index (χ0v) is 11.5. The highest BCUT2D eigenvalue weighted by Crippen LogP contribution is 2.67. The Morgan fingerprint density at radius 3 is 2.33 bits per heavy atom. The predicted octanol–water partition coefficient (Wildman–Crippen LogP) is 2.35. The molecule has 0 amide bonds. The van der Waals surface area contributed by atoms with Gasteiger partial charge < -0.3 is 5.73 Å². The lowest BCUT2D eigenvalue weighted by atomic mass is 9.94. The monoisotopic (exact) mass is 293 g/mol. The maximum Gasteiger partial charge on any atom is 0.150 e. The molecule has 1 saturated carbocycles. The van der Waals surface area contributed by atoms with Crippen molar-refractivity contribution in [2.75, 3.05) is 0 Å². The minimum atomic E-state index is -1.35. The standard InChI is InChI=1S/C15H8ClN5/c16-11-3-1-2-9(4-11)13-12(7-19)15(13,8-20)14(21)10(5-17)6-18/h1-4,12-13H,21H2/t12-,13+,15+/m0/s1. The molecule has 0 unspecified atom stereocenters. The summed E-state index contributed by atoms with van der Waals surface area (Å²) >= 11 is 5.93. The van der Waals surface area contributed by atoms with Gasteiger partial charge in [0.15, 0.2) is 0 Å². The maximum atomic E-state index is 9.50. The molecule has 100 valence electrons. The first kappa shape index (κ1) is 14.4. The van der Waals surface area contributed by atoms with E-state index in [1.807, 2.05) is 12.1 Å². The van der Waals surface area contributed by atoms with E-state index in [-0.39, 0.29) is 11.3 Å². The molecule has 1 aromatic rings. The first-order chi connectivity index (χ1) is 10.1. The van der Waals surface area contributed by atoms with Crippen LogP contribution in [0.3, 0.4) is 0 Å². The third kappa shape index (κ3) is 1.98. The van der Waals surface area contributed by atoms with Gasteiger partial charge in [0.05, 0.1) is 23.8 Å². The Morgan fingerprint density at radius 1 is 1.19 bits per heavy atom. The normalized spacial score (nSPS) is 25.6. The number of rotatable bonds is 2. The van der Waals surface area contributed by atoms with Gasteiger partial charge in [-0.15, -0.1) is 0 Å². The molecule has 0 bridgehead atoms. The van der Waals surface area contributed by atoms with Crippen LogP contribution in [-0.4, -0.2) is 0 Å². The fourth-order valence-electron chi connectivity index (χ4n) is 2.61. The van der Waals surface area contributed by atoms with Crippen LogP contribution < -0.4 is 5.73 Å². The van der Waals surface area contributed by atoms with E-state index in [1.54, 1.807) is 36.4 Å². The lowest BCUT2D eigenvalue weighted by molar-refractivity contribution is 0.719. The van der Waals surface area contributed by atoms with Crippen LogP contribution >= 0.6 is 11.6 Å². The zero-order valence-electron chi connectivity index (χ0n) is 10.7. The van der Waals surface area contributed by atoms with E-state index in [0.717, 1.165) is 0 Å². The highest BCUT2D eigenvalue weighted by atomic mass is 35.5. The van der Waals surface area contributed by atoms with E-state index in [0.29, 0.717) is 10.6 Å². The molecular formula is C15H8ClN5. The van der Waals surface area contributed by atoms with Crippen LogP contribution in [0.4, 0.5) is 0 Å². The first-order valence-corrected chi connectivity index (χ1v) is 6.31. The molecule has 5 nitrogen and oxygen atoms in total. The molecule has 2 rings (SSSR count). The summed E-state index contributed by atoms with van der Waals surface area (Å²) in [7, 11) is 0. The average Bonchev–Trinajstić information content (AvgIpc) is 3.17. The lowest BCUT2D eigenvalue weighted by Gasteiger charge is -2.09. The number of nitrogens with two attached hydrogens (primary N) is 1. The van der Waals surface area contributed by atoms with Crippen molar-refractivity contribution in [3.05, 3.63) is 46.1 Å². The van der Waals surface area contributed by atoms with Crippen LogP contribution in [0.1, 0.15) is 11.5 Å². The molecule has 1 fully saturated rings. The van der Waals surface area contributed by atoms with E-state index < -0.39 is 17.3 Å². The van der Waals surface area contributed by atoms with Crippen LogP contribution in [0.2, 0.25) is 5.02 Å². The Hall–Kier alpha value is -2.99. The molecule has 1 aliphatic carbocycles. The van der Waals surface area contributed by atoms with Crippen molar-refractivity contribution in [2.45, 2.75) is 5.92 Å². The molecule has 1 aromatic carbocycles. The molecule has 0 aliphatic heterocycles. The maximum absolute atomic E-state index is 9.50. The second-order valence-electron chi connectivity index (χ2n) is 4.63. The van der Waals surface area contributed by atoms with E-state index >= 15 is 0 Å². The molecule has 2 N–H and O–H groups in total. The van der Waals surface area contributed by atoms with E-state index in [1.165, 1.54) is 0 Å². The third-order valence-electron chi connectivity index (χ3n) is 3.68. The Balaban J connectivity index is 2.60. The van der Waals surface area contributed by atoms with Gasteiger partial charge >= 0.3 is 0 Å². The van der Waals surface area contributed by atoms with Gasteiger partial charge in [-0.25, -0.2) is 0 Å². The van der Waals surface area contributed by atoms with Crippen molar-refractivity contribution in [2.24, 2.45) is 17.1 Å². The number of allylic oxidation sites excluding steroid dienone is 2. The van der Waals surface area contributed by atoms with E-state index in [2.05, 4.69) is 0 Å². The van der Waals surface area contributed by atoms with Gasteiger partial charge in [0.2, 0.25) is 0 Å². The predicted molar refractivity (Wildman–Crippen MR) is 73.8 cm³/mol. The zero-order chi connectivity index (χ0) is 15.6. The Bertz CT molecular complexity index is 783. The molecule has 0 saturated heterocycles. The number of hydrogen-bond acceptors (Lipinski definition) is 5. The van der Waals surface area contributed by atoms with Gasteiger partial charge in [-0.3, -0.25) is 0 Å². The van der Waals surface area contributed by atoms with Crippen molar-refractivity contribution in [3.63, 3.8) is 0 Å². The first-order valence-electron chi connectivity index (χ1n) is 5.93. The van der Waals surface area contributed by atoms with E-state index in [4.69, 9.17) is 27.9 Å². The molecule has 3 atom stereocenters. The molecule has 0 spiro atoms.